The number of hydrogen-bond donors (Lipinski definition) is 3. The number of aliphatic hydroxyl groups excluding tert-OH is 1. The number of nitrogens with one attached hydrogen (secondary N) is 1. The van der Waals surface area contributed by atoms with Crippen molar-refractivity contribution in [3.8, 4) is 5.75 Å². The van der Waals surface area contributed by atoms with E-state index in [1.807, 2.05) is 0 Å². The summed E-state index contributed by atoms with van der Waals surface area (Å²) in [5.74, 6) is -0.281. The van der Waals surface area contributed by atoms with E-state index in [-0.39, 0.29) is 23.4 Å². The maximum Gasteiger partial charge on any atom is 0.459 e. The molecule has 0 radical (unpaired) electrons. The Morgan fingerprint density at radius 1 is 1.29 bits per heavy atom. The lowest BCUT2D eigenvalue weighted by Crippen LogP contribution is -2.36. The number of aromatic nitrogens is 2. The molecule has 0 bridgehead atoms. The monoisotopic (exact) mass is 494 g/mol. The van der Waals surface area contributed by atoms with Gasteiger partial charge in [-0.1, -0.05) is 18.2 Å². The average Bonchev–Trinajstić information content (AvgIpc) is 3.13. The maximum absolute atomic E-state index is 13.5. The van der Waals surface area contributed by atoms with Gasteiger partial charge >= 0.3 is 19.4 Å². The Labute approximate surface area is 195 Å². The number of aliphatic hydroxyl groups is 1. The summed E-state index contributed by atoms with van der Waals surface area (Å²) in [4.78, 5) is 27.9. The van der Waals surface area contributed by atoms with Gasteiger partial charge < -0.3 is 24.8 Å². The fourth-order valence-corrected chi connectivity index (χ4v) is 4.40. The summed E-state index contributed by atoms with van der Waals surface area (Å²) >= 11 is 0. The van der Waals surface area contributed by atoms with Gasteiger partial charge in [-0.05, 0) is 45.0 Å². The van der Waals surface area contributed by atoms with Crippen molar-refractivity contribution in [1.29, 1.82) is 0 Å². The molecule has 0 spiro atoms. The second kappa shape index (κ2) is 10.8. The predicted octanol–water partition coefficient (Wildman–Crippen LogP) is 1.73. The third-order valence-corrected chi connectivity index (χ3v) is 6.07. The Morgan fingerprint density at radius 2 is 2.00 bits per heavy atom. The fraction of sp³-hybridized carbons (Fsp3) is 0.381. The lowest BCUT2D eigenvalue weighted by atomic mass is 10.3. The molecule has 2 unspecified atom stereocenters. The first-order valence-electron chi connectivity index (χ1n) is 10.4. The number of rotatable bonds is 10. The minimum atomic E-state index is -4.13. The first-order chi connectivity index (χ1) is 16.1. The summed E-state index contributed by atoms with van der Waals surface area (Å²) < 4.78 is 36.3. The van der Waals surface area contributed by atoms with Crippen LogP contribution < -0.4 is 21.0 Å². The zero-order valence-electron chi connectivity index (χ0n) is 18.9. The molecule has 0 fully saturated rings. The van der Waals surface area contributed by atoms with Crippen LogP contribution in [-0.2, 0) is 23.4 Å². The zero-order chi connectivity index (χ0) is 24.9. The van der Waals surface area contributed by atoms with E-state index in [9.17, 15) is 19.3 Å². The molecule has 2 heterocycles. The van der Waals surface area contributed by atoms with E-state index in [0.29, 0.717) is 0 Å². The molecule has 4 atom stereocenters. The van der Waals surface area contributed by atoms with Gasteiger partial charge in [-0.3, -0.25) is 13.9 Å². The lowest BCUT2D eigenvalue weighted by Gasteiger charge is -2.24. The van der Waals surface area contributed by atoms with Crippen molar-refractivity contribution in [1.82, 2.24) is 14.6 Å². The third kappa shape index (κ3) is 6.67. The molecule has 4 N–H and O–H groups in total. The molecule has 0 aliphatic carbocycles. The molecule has 0 saturated heterocycles. The Morgan fingerprint density at radius 3 is 2.65 bits per heavy atom. The van der Waals surface area contributed by atoms with Crippen molar-refractivity contribution >= 4 is 19.5 Å². The molecule has 1 aliphatic heterocycles. The van der Waals surface area contributed by atoms with Crippen molar-refractivity contribution in [3.05, 3.63) is 64.9 Å². The highest BCUT2D eigenvalue weighted by Gasteiger charge is 2.35. The molecule has 12 nitrogen and oxygen atoms in total. The fourth-order valence-electron chi connectivity index (χ4n) is 2.94. The molecule has 1 aromatic carbocycles. The van der Waals surface area contributed by atoms with Crippen molar-refractivity contribution < 1.29 is 33.0 Å². The number of nitrogen functional groups attached to an aromatic ring is 1. The van der Waals surface area contributed by atoms with Crippen LogP contribution in [0.5, 0.6) is 5.75 Å². The SMILES string of the molecule is CC(C)OC(=O)[C@H](C)NP(=O)(OCC1=C[C@@H](O)C(n2ccc(N)nc2=O)O1)Oc1ccccc1. The highest BCUT2D eigenvalue weighted by atomic mass is 31.2. The van der Waals surface area contributed by atoms with Gasteiger partial charge in [-0.15, -0.1) is 0 Å². The van der Waals surface area contributed by atoms with Gasteiger partial charge in [0.1, 0.15) is 36.1 Å². The van der Waals surface area contributed by atoms with Gasteiger partial charge in [0.15, 0.2) is 0 Å². The highest BCUT2D eigenvalue weighted by Crippen LogP contribution is 2.45. The topological polar surface area (TPSA) is 164 Å². The van der Waals surface area contributed by atoms with Crippen LogP contribution in [0.1, 0.15) is 27.0 Å². The van der Waals surface area contributed by atoms with E-state index >= 15 is 0 Å². The van der Waals surface area contributed by atoms with E-state index < -0.39 is 44.4 Å². The number of para-hydroxylation sites is 1. The number of ether oxygens (including phenoxy) is 2. The van der Waals surface area contributed by atoms with Crippen LogP contribution in [0.2, 0.25) is 0 Å². The Balaban J connectivity index is 1.72. The van der Waals surface area contributed by atoms with Crippen LogP contribution >= 0.6 is 7.75 Å². The van der Waals surface area contributed by atoms with Crippen LogP contribution in [0.15, 0.2) is 59.2 Å². The average molecular weight is 494 g/mol. The van der Waals surface area contributed by atoms with Crippen LogP contribution in [-0.4, -0.2) is 45.5 Å². The van der Waals surface area contributed by atoms with E-state index in [1.54, 1.807) is 44.2 Å². The summed E-state index contributed by atoms with van der Waals surface area (Å²) in [5.41, 5.74) is 4.78. The Kier molecular flexibility index (Phi) is 8.11. The largest absolute Gasteiger partial charge is 0.469 e. The van der Waals surface area contributed by atoms with Crippen molar-refractivity contribution in [3.63, 3.8) is 0 Å². The second-order valence-corrected chi connectivity index (χ2v) is 9.38. The van der Waals surface area contributed by atoms with E-state index in [0.717, 1.165) is 4.57 Å². The predicted molar refractivity (Wildman–Crippen MR) is 122 cm³/mol. The summed E-state index contributed by atoms with van der Waals surface area (Å²) in [6.07, 6.45) is -0.0423. The maximum atomic E-state index is 13.5. The van der Waals surface area contributed by atoms with E-state index in [2.05, 4.69) is 10.1 Å². The van der Waals surface area contributed by atoms with Crippen molar-refractivity contribution in [2.24, 2.45) is 0 Å². The van der Waals surface area contributed by atoms with Gasteiger partial charge in [0.2, 0.25) is 6.23 Å². The summed E-state index contributed by atoms with van der Waals surface area (Å²) in [6.45, 7) is 4.44. The van der Waals surface area contributed by atoms with Gasteiger partial charge in [0.25, 0.3) is 0 Å². The highest BCUT2D eigenvalue weighted by molar-refractivity contribution is 7.52. The molecule has 34 heavy (non-hydrogen) atoms. The third-order valence-electron chi connectivity index (χ3n) is 4.45. The van der Waals surface area contributed by atoms with Gasteiger partial charge in [0.05, 0.1) is 6.10 Å². The number of nitrogens with two attached hydrogens (primary N) is 1. The first-order valence-corrected chi connectivity index (χ1v) is 12.0. The van der Waals surface area contributed by atoms with Gasteiger partial charge in [-0.2, -0.15) is 10.1 Å². The number of benzene rings is 1. The van der Waals surface area contributed by atoms with Crippen LogP contribution in [0.25, 0.3) is 0 Å². The number of carbonyl (C=O) groups excluding carboxylic acids is 1. The minimum absolute atomic E-state index is 0.0282. The minimum Gasteiger partial charge on any atom is -0.469 e. The molecule has 2 aromatic rings. The molecule has 1 aliphatic rings. The quantitative estimate of drug-likeness (QED) is 0.325. The van der Waals surface area contributed by atoms with Crippen molar-refractivity contribution in [2.75, 3.05) is 12.3 Å². The molecule has 1 aromatic heterocycles. The zero-order valence-corrected chi connectivity index (χ0v) is 19.8. The standard InChI is InChI=1S/C21H27N4O8P/c1-13(2)31-20(27)14(3)24-34(29,33-15-7-5-4-6-8-15)30-12-16-11-17(26)19(32-16)25-10-9-18(22)23-21(25)28/h4-11,13-14,17,19,26H,12H2,1-3H3,(H,24,29)(H2,22,23,28)/t14-,17+,19?,34?/m0/s1. The van der Waals surface area contributed by atoms with E-state index in [1.165, 1.54) is 25.3 Å². The number of nitrogens with zero attached hydrogens (tertiary/aromatic N) is 2. The molecule has 184 valence electrons. The van der Waals surface area contributed by atoms with E-state index in [4.69, 9.17) is 24.3 Å². The number of esters is 1. The lowest BCUT2D eigenvalue weighted by molar-refractivity contribution is -0.149. The smallest absolute Gasteiger partial charge is 0.459 e. The molecule has 3 rings (SSSR count). The molecule has 0 amide bonds. The molecule has 13 heteroatoms. The number of hydrogen-bond acceptors (Lipinski definition) is 10. The summed E-state index contributed by atoms with van der Waals surface area (Å²) in [6, 6.07) is 8.61. The van der Waals surface area contributed by atoms with Crippen LogP contribution in [0.4, 0.5) is 5.82 Å². The Bertz CT molecular complexity index is 1140. The summed E-state index contributed by atoms with van der Waals surface area (Å²) in [7, 11) is -4.13. The number of carbonyl (C=O) groups is 1. The van der Waals surface area contributed by atoms with Crippen LogP contribution in [0, 0.1) is 0 Å². The normalized spacial score (nSPS) is 20.2. The second-order valence-electron chi connectivity index (χ2n) is 7.69. The molecular weight excluding hydrogens is 467 g/mol. The first kappa shape index (κ1) is 25.4. The van der Waals surface area contributed by atoms with Crippen molar-refractivity contribution in [2.45, 2.75) is 45.2 Å². The Hall–Kier alpha value is -3.18. The van der Waals surface area contributed by atoms with Gasteiger partial charge in [0, 0.05) is 6.20 Å². The van der Waals surface area contributed by atoms with Gasteiger partial charge in [-0.25, -0.2) is 9.36 Å². The summed E-state index contributed by atoms with van der Waals surface area (Å²) in [5, 5.41) is 12.9. The van der Waals surface area contributed by atoms with Crippen LogP contribution in [0.3, 0.4) is 0 Å². The molecular formula is C21H27N4O8P. The molecule has 0 saturated carbocycles. The number of anilines is 1.